The van der Waals surface area contributed by atoms with Gasteiger partial charge in [0.2, 0.25) is 11.8 Å². The van der Waals surface area contributed by atoms with Crippen LogP contribution in [0, 0.1) is 5.41 Å². The number of carbonyl (C=O) groups excluding carboxylic acids is 2. The topological polar surface area (TPSA) is 41.8 Å². The molecule has 1 saturated heterocycles. The van der Waals surface area contributed by atoms with Crippen molar-refractivity contribution in [1.29, 1.82) is 0 Å². The predicted octanol–water partition coefficient (Wildman–Crippen LogP) is 0.904. The summed E-state index contributed by atoms with van der Waals surface area (Å²) in [6.07, 6.45) is 5.49. The van der Waals surface area contributed by atoms with Crippen LogP contribution in [0.4, 0.5) is 0 Å². The number of hydrogen-bond donors (Lipinski definition) is 1. The third-order valence-electron chi connectivity index (χ3n) is 5.74. The molecule has 1 unspecified atom stereocenters. The molecule has 116 valence electrons. The van der Waals surface area contributed by atoms with Gasteiger partial charge in [0.05, 0.1) is 12.0 Å². The maximum Gasteiger partial charge on any atom is 0.240 e. The number of nitrogens with one attached hydrogen (secondary N) is 1. The van der Waals surface area contributed by atoms with E-state index in [1.54, 1.807) is 4.90 Å². The monoisotopic (exact) mass is 299 g/mol. The Labute approximate surface area is 131 Å². The maximum absolute atomic E-state index is 12.8. The average Bonchev–Trinajstić information content (AvgIpc) is 3.09. The van der Waals surface area contributed by atoms with Gasteiger partial charge in [-0.2, -0.15) is 0 Å². The fourth-order valence-corrected chi connectivity index (χ4v) is 4.46. The van der Waals surface area contributed by atoms with Gasteiger partial charge >= 0.3 is 0 Å². The third-order valence-corrected chi connectivity index (χ3v) is 5.74. The summed E-state index contributed by atoms with van der Waals surface area (Å²) in [5.41, 5.74) is 2.44. The largest absolute Gasteiger partial charge is 0.313 e. The zero-order valence-electron chi connectivity index (χ0n) is 12.9. The van der Waals surface area contributed by atoms with Crippen molar-refractivity contribution in [1.82, 2.24) is 4.90 Å². The Morgan fingerprint density at radius 3 is 2.59 bits per heavy atom. The van der Waals surface area contributed by atoms with Crippen molar-refractivity contribution in [2.45, 2.75) is 45.1 Å². The average molecular weight is 299 g/mol. The highest BCUT2D eigenvalue weighted by molar-refractivity contribution is 6.05. The number of nitrogens with zero attached hydrogens (tertiary/aromatic N) is 1. The molecule has 2 heterocycles. The Kier molecular flexibility index (Phi) is 3.30. The van der Waals surface area contributed by atoms with E-state index < -0.39 is 0 Å². The van der Waals surface area contributed by atoms with Crippen LogP contribution in [0.5, 0.6) is 0 Å². The van der Waals surface area contributed by atoms with Gasteiger partial charge in [-0.15, -0.1) is 0 Å². The lowest BCUT2D eigenvalue weighted by molar-refractivity contribution is -0.923. The third kappa shape index (κ3) is 2.17. The molecule has 0 bridgehead atoms. The van der Waals surface area contributed by atoms with Gasteiger partial charge < -0.3 is 4.90 Å². The van der Waals surface area contributed by atoms with E-state index >= 15 is 0 Å². The summed E-state index contributed by atoms with van der Waals surface area (Å²) in [4.78, 5) is 28.0. The summed E-state index contributed by atoms with van der Waals surface area (Å²) in [6.45, 7) is 2.47. The maximum atomic E-state index is 12.8. The number of hydrogen-bond acceptors (Lipinski definition) is 2. The number of amides is 2. The number of quaternary nitrogens is 1. The molecule has 2 amide bonds. The van der Waals surface area contributed by atoms with E-state index in [-0.39, 0.29) is 17.2 Å². The SMILES string of the molecule is O=C1CC2(CCCC2)C(=O)N1C[NH+]1CCc2ccccc2C1. The minimum absolute atomic E-state index is 0.0539. The fourth-order valence-electron chi connectivity index (χ4n) is 4.46. The normalized spacial score (nSPS) is 26.7. The van der Waals surface area contributed by atoms with Gasteiger partial charge in [0.15, 0.2) is 6.67 Å². The molecule has 1 aromatic rings. The molecular formula is C18H23N2O2+. The van der Waals surface area contributed by atoms with Crippen LogP contribution in [0.3, 0.4) is 0 Å². The molecule has 22 heavy (non-hydrogen) atoms. The first-order chi connectivity index (χ1) is 10.7. The van der Waals surface area contributed by atoms with E-state index in [0.29, 0.717) is 13.1 Å². The molecule has 0 radical (unpaired) electrons. The predicted molar refractivity (Wildman–Crippen MR) is 81.9 cm³/mol. The molecular weight excluding hydrogens is 276 g/mol. The van der Waals surface area contributed by atoms with E-state index in [1.165, 1.54) is 16.0 Å². The number of benzene rings is 1. The molecule has 2 fully saturated rings. The zero-order chi connectivity index (χ0) is 15.2. The summed E-state index contributed by atoms with van der Waals surface area (Å²) in [7, 11) is 0. The van der Waals surface area contributed by atoms with Crippen LogP contribution in [0.2, 0.25) is 0 Å². The molecule has 4 rings (SSSR count). The first-order valence-corrected chi connectivity index (χ1v) is 8.43. The van der Waals surface area contributed by atoms with Crippen molar-refractivity contribution in [3.8, 4) is 0 Å². The van der Waals surface area contributed by atoms with Gasteiger partial charge in [0, 0.05) is 18.4 Å². The molecule has 1 N–H and O–H groups in total. The van der Waals surface area contributed by atoms with Gasteiger partial charge in [0.25, 0.3) is 0 Å². The first kappa shape index (κ1) is 13.9. The fraction of sp³-hybridized carbons (Fsp3) is 0.556. The van der Waals surface area contributed by atoms with E-state index in [9.17, 15) is 9.59 Å². The van der Waals surface area contributed by atoms with Crippen LogP contribution in [0.1, 0.15) is 43.2 Å². The molecule has 1 spiro atoms. The standard InChI is InChI=1S/C18H22N2O2/c21-16-11-18(8-3-4-9-18)17(22)20(16)13-19-10-7-14-5-1-2-6-15(14)12-19/h1-2,5-6H,3-4,7-13H2/p+1. The number of likely N-dealkylation sites (tertiary alicyclic amines) is 1. The minimum atomic E-state index is -0.329. The van der Waals surface area contributed by atoms with Gasteiger partial charge in [-0.25, -0.2) is 4.90 Å². The number of imide groups is 1. The summed E-state index contributed by atoms with van der Waals surface area (Å²) < 4.78 is 0. The van der Waals surface area contributed by atoms with Crippen molar-refractivity contribution < 1.29 is 14.5 Å². The van der Waals surface area contributed by atoms with Crippen LogP contribution in [-0.4, -0.2) is 29.9 Å². The highest BCUT2D eigenvalue weighted by Crippen LogP contribution is 2.46. The van der Waals surface area contributed by atoms with Gasteiger partial charge in [-0.3, -0.25) is 9.59 Å². The molecule has 1 atom stereocenters. The number of rotatable bonds is 2. The smallest absolute Gasteiger partial charge is 0.240 e. The Hall–Kier alpha value is -1.68. The molecule has 2 aliphatic heterocycles. The summed E-state index contributed by atoms with van der Waals surface area (Å²) in [5.74, 6) is 0.166. The molecule has 0 aromatic heterocycles. The molecule has 1 aromatic carbocycles. The zero-order valence-corrected chi connectivity index (χ0v) is 12.9. The highest BCUT2D eigenvalue weighted by Gasteiger charge is 2.53. The molecule has 3 aliphatic rings. The highest BCUT2D eigenvalue weighted by atomic mass is 16.2. The Morgan fingerprint density at radius 2 is 1.82 bits per heavy atom. The van der Waals surface area contributed by atoms with Crippen LogP contribution < -0.4 is 4.90 Å². The van der Waals surface area contributed by atoms with Crippen LogP contribution in [0.25, 0.3) is 0 Å². The van der Waals surface area contributed by atoms with Crippen molar-refractivity contribution in [2.75, 3.05) is 13.2 Å². The van der Waals surface area contributed by atoms with Crippen LogP contribution in [-0.2, 0) is 22.6 Å². The summed E-state index contributed by atoms with van der Waals surface area (Å²) in [5, 5.41) is 0. The lowest BCUT2D eigenvalue weighted by Crippen LogP contribution is -3.13. The van der Waals surface area contributed by atoms with Gasteiger partial charge in [0.1, 0.15) is 6.54 Å². The Morgan fingerprint density at radius 1 is 1.09 bits per heavy atom. The van der Waals surface area contributed by atoms with Crippen LogP contribution >= 0.6 is 0 Å². The van der Waals surface area contributed by atoms with Crippen molar-refractivity contribution in [3.05, 3.63) is 35.4 Å². The Bertz CT molecular complexity index is 619. The summed E-state index contributed by atoms with van der Waals surface area (Å²) in [6, 6.07) is 8.51. The van der Waals surface area contributed by atoms with Crippen LogP contribution in [0.15, 0.2) is 24.3 Å². The second-order valence-electron chi connectivity index (χ2n) is 7.14. The lowest BCUT2D eigenvalue weighted by atomic mass is 9.85. The van der Waals surface area contributed by atoms with Crippen molar-refractivity contribution >= 4 is 11.8 Å². The lowest BCUT2D eigenvalue weighted by Gasteiger charge is -2.29. The quantitative estimate of drug-likeness (QED) is 0.825. The number of carbonyl (C=O) groups is 2. The second-order valence-corrected chi connectivity index (χ2v) is 7.14. The van der Waals surface area contributed by atoms with Crippen molar-refractivity contribution in [2.24, 2.45) is 5.41 Å². The van der Waals surface area contributed by atoms with Gasteiger partial charge in [-0.05, 0) is 18.4 Å². The Balaban J connectivity index is 1.48. The second kappa shape index (κ2) is 5.20. The van der Waals surface area contributed by atoms with E-state index in [1.807, 2.05) is 0 Å². The van der Waals surface area contributed by atoms with Gasteiger partial charge in [-0.1, -0.05) is 37.1 Å². The summed E-state index contributed by atoms with van der Waals surface area (Å²) >= 11 is 0. The minimum Gasteiger partial charge on any atom is -0.313 e. The molecule has 1 aliphatic carbocycles. The van der Waals surface area contributed by atoms with E-state index in [0.717, 1.165) is 45.2 Å². The van der Waals surface area contributed by atoms with E-state index in [2.05, 4.69) is 24.3 Å². The number of fused-ring (bicyclic) bond motifs is 1. The van der Waals surface area contributed by atoms with Crippen molar-refractivity contribution in [3.63, 3.8) is 0 Å². The molecule has 4 nitrogen and oxygen atoms in total. The molecule has 1 saturated carbocycles. The van der Waals surface area contributed by atoms with E-state index in [4.69, 9.17) is 0 Å². The first-order valence-electron chi connectivity index (χ1n) is 8.43. The molecule has 4 heteroatoms.